The first-order valence-electron chi connectivity index (χ1n) is 6.26. The maximum absolute atomic E-state index is 14.2. The number of nitro groups is 1. The third-order valence-corrected chi connectivity index (χ3v) is 3.37. The molecule has 2 aromatic carbocycles. The standard InChI is InChI=1S/C15H9FN4O2/c16-11-6-15(20(21)22)12(18)7-14(11)19-4-3-10-5-9(8-17)1-2-13(10)19/h1-7H,18H2. The number of nitro benzene ring substituents is 1. The van der Waals surface area contributed by atoms with Crippen molar-refractivity contribution in [2.45, 2.75) is 0 Å². The molecule has 108 valence electrons. The van der Waals surface area contributed by atoms with Crippen molar-refractivity contribution in [3.63, 3.8) is 0 Å². The Morgan fingerprint density at radius 1 is 1.27 bits per heavy atom. The predicted octanol–water partition coefficient (Wildman–Crippen LogP) is 3.13. The first kappa shape index (κ1) is 13.6. The van der Waals surface area contributed by atoms with Crippen molar-refractivity contribution < 1.29 is 9.31 Å². The quantitative estimate of drug-likeness (QED) is 0.446. The molecule has 0 fully saturated rings. The number of hydrogen-bond donors (Lipinski definition) is 1. The highest BCUT2D eigenvalue weighted by molar-refractivity contribution is 5.83. The van der Waals surface area contributed by atoms with E-state index in [4.69, 9.17) is 11.0 Å². The van der Waals surface area contributed by atoms with E-state index in [1.807, 2.05) is 6.07 Å². The monoisotopic (exact) mass is 296 g/mol. The number of nitriles is 1. The second kappa shape index (κ2) is 4.86. The van der Waals surface area contributed by atoms with Crippen LogP contribution < -0.4 is 5.73 Å². The average molecular weight is 296 g/mol. The van der Waals surface area contributed by atoms with Gasteiger partial charge in [-0.2, -0.15) is 5.26 Å². The molecule has 0 spiro atoms. The highest BCUT2D eigenvalue weighted by Crippen LogP contribution is 2.29. The molecule has 0 saturated carbocycles. The van der Waals surface area contributed by atoms with Gasteiger partial charge in [0, 0.05) is 11.6 Å². The topological polar surface area (TPSA) is 97.9 Å². The van der Waals surface area contributed by atoms with Gasteiger partial charge in [0.05, 0.1) is 33.8 Å². The molecular weight excluding hydrogens is 287 g/mol. The molecule has 1 heterocycles. The Morgan fingerprint density at radius 2 is 2.05 bits per heavy atom. The van der Waals surface area contributed by atoms with E-state index in [-0.39, 0.29) is 11.4 Å². The Labute approximate surface area is 124 Å². The van der Waals surface area contributed by atoms with Crippen molar-refractivity contribution in [3.8, 4) is 11.8 Å². The Hall–Kier alpha value is -3.40. The zero-order valence-corrected chi connectivity index (χ0v) is 11.2. The first-order chi connectivity index (χ1) is 10.5. The SMILES string of the molecule is N#Cc1ccc2c(ccn2-c2cc(N)c([N+](=O)[O-])cc2F)c1. The van der Waals surface area contributed by atoms with Crippen molar-refractivity contribution in [2.75, 3.05) is 5.73 Å². The van der Waals surface area contributed by atoms with E-state index in [0.717, 1.165) is 11.5 Å². The molecule has 2 N–H and O–H groups in total. The molecule has 0 saturated heterocycles. The second-order valence-corrected chi connectivity index (χ2v) is 4.69. The Morgan fingerprint density at radius 3 is 2.73 bits per heavy atom. The van der Waals surface area contributed by atoms with Gasteiger partial charge >= 0.3 is 0 Å². The van der Waals surface area contributed by atoms with Crippen LogP contribution in [0.3, 0.4) is 0 Å². The smallest absolute Gasteiger partial charge is 0.295 e. The molecule has 0 bridgehead atoms. The number of hydrogen-bond acceptors (Lipinski definition) is 4. The number of halogens is 1. The van der Waals surface area contributed by atoms with Crippen LogP contribution in [0.25, 0.3) is 16.6 Å². The van der Waals surface area contributed by atoms with Gasteiger partial charge in [0.15, 0.2) is 5.82 Å². The van der Waals surface area contributed by atoms with Gasteiger partial charge in [-0.25, -0.2) is 4.39 Å². The van der Waals surface area contributed by atoms with Crippen LogP contribution in [0.15, 0.2) is 42.6 Å². The van der Waals surface area contributed by atoms with E-state index in [9.17, 15) is 14.5 Å². The fourth-order valence-corrected chi connectivity index (χ4v) is 2.33. The van der Waals surface area contributed by atoms with E-state index >= 15 is 0 Å². The molecule has 22 heavy (non-hydrogen) atoms. The Kier molecular flexibility index (Phi) is 3.00. The van der Waals surface area contributed by atoms with Gasteiger partial charge in [-0.15, -0.1) is 0 Å². The van der Waals surface area contributed by atoms with Gasteiger partial charge in [0.25, 0.3) is 5.69 Å². The van der Waals surface area contributed by atoms with Gasteiger partial charge < -0.3 is 10.3 Å². The molecule has 3 rings (SSSR count). The second-order valence-electron chi connectivity index (χ2n) is 4.69. The fourth-order valence-electron chi connectivity index (χ4n) is 2.33. The molecule has 0 aliphatic heterocycles. The van der Waals surface area contributed by atoms with E-state index in [2.05, 4.69) is 0 Å². The van der Waals surface area contributed by atoms with Crippen molar-refractivity contribution in [3.05, 3.63) is 64.1 Å². The third-order valence-electron chi connectivity index (χ3n) is 3.37. The maximum Gasteiger partial charge on any atom is 0.295 e. The summed E-state index contributed by atoms with van der Waals surface area (Å²) in [6, 6.07) is 10.8. The van der Waals surface area contributed by atoms with E-state index < -0.39 is 16.4 Å². The maximum atomic E-state index is 14.2. The van der Waals surface area contributed by atoms with E-state index in [1.54, 1.807) is 30.5 Å². The van der Waals surface area contributed by atoms with Crippen LogP contribution in [-0.2, 0) is 0 Å². The predicted molar refractivity (Wildman–Crippen MR) is 79.0 cm³/mol. The lowest BCUT2D eigenvalue weighted by molar-refractivity contribution is -0.384. The lowest BCUT2D eigenvalue weighted by Crippen LogP contribution is -2.02. The van der Waals surface area contributed by atoms with Gasteiger partial charge in [0.2, 0.25) is 0 Å². The summed E-state index contributed by atoms with van der Waals surface area (Å²) in [5.41, 5.74) is 6.32. The number of nitrogens with zero attached hydrogens (tertiary/aromatic N) is 3. The zero-order valence-electron chi connectivity index (χ0n) is 11.2. The Balaban J connectivity index is 2.22. The largest absolute Gasteiger partial charge is 0.393 e. The molecule has 3 aromatic rings. The number of benzene rings is 2. The molecule has 0 radical (unpaired) electrons. The molecule has 0 aliphatic carbocycles. The molecule has 1 aromatic heterocycles. The number of fused-ring (bicyclic) bond motifs is 1. The lowest BCUT2D eigenvalue weighted by atomic mass is 10.2. The number of nitrogens with two attached hydrogens (primary N) is 1. The molecule has 0 amide bonds. The molecule has 6 nitrogen and oxygen atoms in total. The van der Waals surface area contributed by atoms with Gasteiger partial charge in [-0.05, 0) is 30.3 Å². The van der Waals surface area contributed by atoms with Crippen LogP contribution in [-0.4, -0.2) is 9.49 Å². The molecular formula is C15H9FN4O2. The average Bonchev–Trinajstić information content (AvgIpc) is 2.91. The summed E-state index contributed by atoms with van der Waals surface area (Å²) < 4.78 is 15.7. The number of rotatable bonds is 2. The molecule has 7 heteroatoms. The summed E-state index contributed by atoms with van der Waals surface area (Å²) in [4.78, 5) is 10.0. The minimum atomic E-state index is -0.747. The highest BCUT2D eigenvalue weighted by atomic mass is 19.1. The van der Waals surface area contributed by atoms with Crippen LogP contribution in [0.2, 0.25) is 0 Å². The number of aromatic nitrogens is 1. The van der Waals surface area contributed by atoms with Crippen LogP contribution in [0.5, 0.6) is 0 Å². The van der Waals surface area contributed by atoms with Gasteiger partial charge in [-0.3, -0.25) is 10.1 Å². The molecule has 0 aliphatic rings. The van der Waals surface area contributed by atoms with Crippen molar-refractivity contribution in [1.82, 2.24) is 4.57 Å². The minimum Gasteiger partial charge on any atom is -0.393 e. The first-order valence-corrected chi connectivity index (χ1v) is 6.26. The normalized spacial score (nSPS) is 10.5. The summed E-state index contributed by atoms with van der Waals surface area (Å²) >= 11 is 0. The van der Waals surface area contributed by atoms with Crippen LogP contribution in [0.1, 0.15) is 5.56 Å². The third kappa shape index (κ3) is 2.03. The van der Waals surface area contributed by atoms with Crippen LogP contribution in [0, 0.1) is 27.3 Å². The Bertz CT molecular complexity index is 956. The fraction of sp³-hybridized carbons (Fsp3) is 0. The van der Waals surface area contributed by atoms with Crippen LogP contribution >= 0.6 is 0 Å². The lowest BCUT2D eigenvalue weighted by Gasteiger charge is -2.08. The minimum absolute atomic E-state index is 0.114. The molecule has 0 unspecified atom stereocenters. The highest BCUT2D eigenvalue weighted by Gasteiger charge is 2.18. The number of nitrogen functional groups attached to an aromatic ring is 1. The van der Waals surface area contributed by atoms with E-state index in [0.29, 0.717) is 11.1 Å². The van der Waals surface area contributed by atoms with Crippen LogP contribution in [0.4, 0.5) is 15.8 Å². The van der Waals surface area contributed by atoms with Gasteiger partial charge in [-0.1, -0.05) is 0 Å². The summed E-state index contributed by atoms with van der Waals surface area (Å²) in [6.07, 6.45) is 1.62. The van der Waals surface area contributed by atoms with Gasteiger partial charge in [0.1, 0.15) is 5.69 Å². The van der Waals surface area contributed by atoms with E-state index in [1.165, 1.54) is 10.6 Å². The zero-order chi connectivity index (χ0) is 15.9. The summed E-state index contributed by atoms with van der Waals surface area (Å²) in [7, 11) is 0. The summed E-state index contributed by atoms with van der Waals surface area (Å²) in [6.45, 7) is 0. The summed E-state index contributed by atoms with van der Waals surface area (Å²) in [5, 5.41) is 20.4. The summed E-state index contributed by atoms with van der Waals surface area (Å²) in [5.74, 6) is -0.747. The van der Waals surface area contributed by atoms with Crippen molar-refractivity contribution in [1.29, 1.82) is 5.26 Å². The number of anilines is 1. The molecule has 0 atom stereocenters. The van der Waals surface area contributed by atoms with Crippen molar-refractivity contribution in [2.24, 2.45) is 0 Å². The van der Waals surface area contributed by atoms with Crippen molar-refractivity contribution >= 4 is 22.3 Å².